The number of pyridine rings is 1. The highest BCUT2D eigenvalue weighted by molar-refractivity contribution is 7.18. The summed E-state index contributed by atoms with van der Waals surface area (Å²) in [6, 6.07) is 13.8. The van der Waals surface area contributed by atoms with E-state index in [0.29, 0.717) is 12.1 Å². The van der Waals surface area contributed by atoms with Crippen molar-refractivity contribution in [3.63, 3.8) is 0 Å². The van der Waals surface area contributed by atoms with Crippen LogP contribution in [0.15, 0.2) is 59.5 Å². The van der Waals surface area contributed by atoms with Gasteiger partial charge in [0.1, 0.15) is 10.8 Å². The van der Waals surface area contributed by atoms with Crippen molar-refractivity contribution in [2.75, 3.05) is 5.32 Å². The van der Waals surface area contributed by atoms with Crippen LogP contribution >= 0.6 is 11.3 Å². The highest BCUT2D eigenvalue weighted by Gasteiger charge is 2.05. The molecule has 5 heteroatoms. The minimum absolute atomic E-state index is 0.0619. The van der Waals surface area contributed by atoms with E-state index < -0.39 is 0 Å². The molecule has 1 N–H and O–H groups in total. The number of halogens is 1. The van der Waals surface area contributed by atoms with Gasteiger partial charge in [-0.2, -0.15) is 0 Å². The summed E-state index contributed by atoms with van der Waals surface area (Å²) < 4.78 is 15.2. The van der Waals surface area contributed by atoms with E-state index >= 15 is 0 Å². The summed E-state index contributed by atoms with van der Waals surface area (Å²) >= 11 is 1.46. The Balaban J connectivity index is 1.78. The largest absolute Gasteiger partial charge is 0.373 e. The second kappa shape index (κ2) is 6.15. The van der Waals surface area contributed by atoms with Gasteiger partial charge in [-0.05, 0) is 30.7 Å². The van der Waals surface area contributed by atoms with Crippen LogP contribution < -0.4 is 10.9 Å². The van der Waals surface area contributed by atoms with Crippen LogP contribution in [0.25, 0.3) is 5.00 Å². The number of rotatable bonds is 4. The average Bonchev–Trinajstić information content (AvgIpc) is 2.98. The fourth-order valence-corrected chi connectivity index (χ4v) is 3.02. The maximum absolute atomic E-state index is 13.6. The Hall–Kier alpha value is -2.40. The van der Waals surface area contributed by atoms with Crippen molar-refractivity contribution < 1.29 is 4.39 Å². The number of hydrogen-bond acceptors (Lipinski definition) is 3. The minimum atomic E-state index is -0.221. The summed E-state index contributed by atoms with van der Waals surface area (Å²) in [6.07, 6.45) is 1.81. The molecular formula is C17H15FN2OS. The lowest BCUT2D eigenvalue weighted by atomic mass is 10.2. The fraction of sp³-hybridized carbons (Fsp3) is 0.118. The number of nitrogens with zero attached hydrogens (tertiary/aromatic N) is 1. The lowest BCUT2D eigenvalue weighted by Gasteiger charge is -2.05. The lowest BCUT2D eigenvalue weighted by Crippen LogP contribution is -2.15. The zero-order valence-corrected chi connectivity index (χ0v) is 12.9. The predicted molar refractivity (Wildman–Crippen MR) is 88.4 cm³/mol. The van der Waals surface area contributed by atoms with Gasteiger partial charge in [0.05, 0.1) is 5.00 Å². The van der Waals surface area contributed by atoms with E-state index in [1.807, 2.05) is 31.3 Å². The van der Waals surface area contributed by atoms with Gasteiger partial charge in [-0.15, -0.1) is 11.3 Å². The highest BCUT2D eigenvalue weighted by Crippen LogP contribution is 2.25. The average molecular weight is 314 g/mol. The zero-order valence-electron chi connectivity index (χ0n) is 12.0. The van der Waals surface area contributed by atoms with Crippen molar-refractivity contribution in [1.29, 1.82) is 0 Å². The van der Waals surface area contributed by atoms with Crippen molar-refractivity contribution in [3.05, 3.63) is 82.0 Å². The molecule has 0 spiro atoms. The SMILES string of the molecule is Cc1ccc(=O)n(-c2ccc(NCc3ccccc3F)s2)c1. The van der Waals surface area contributed by atoms with Crippen LogP contribution in [-0.4, -0.2) is 4.57 Å². The molecule has 3 rings (SSSR count). The number of aryl methyl sites for hydroxylation is 1. The molecule has 2 aromatic heterocycles. The van der Waals surface area contributed by atoms with Crippen molar-refractivity contribution >= 4 is 16.3 Å². The van der Waals surface area contributed by atoms with E-state index in [2.05, 4.69) is 5.32 Å². The monoisotopic (exact) mass is 314 g/mol. The first-order chi connectivity index (χ1) is 10.6. The molecule has 0 bridgehead atoms. The second-order valence-corrected chi connectivity index (χ2v) is 6.06. The van der Waals surface area contributed by atoms with Crippen molar-refractivity contribution in [2.24, 2.45) is 0 Å². The number of hydrogen-bond donors (Lipinski definition) is 1. The zero-order chi connectivity index (χ0) is 15.5. The van der Waals surface area contributed by atoms with Crippen molar-refractivity contribution in [2.45, 2.75) is 13.5 Å². The van der Waals surface area contributed by atoms with Gasteiger partial charge in [-0.3, -0.25) is 9.36 Å². The Morgan fingerprint density at radius 2 is 1.95 bits per heavy atom. The molecule has 1 aromatic carbocycles. The topological polar surface area (TPSA) is 34.0 Å². The van der Waals surface area contributed by atoms with Gasteiger partial charge in [0.25, 0.3) is 5.56 Å². The molecule has 0 fully saturated rings. The van der Waals surface area contributed by atoms with Crippen LogP contribution in [0.3, 0.4) is 0 Å². The Kier molecular flexibility index (Phi) is 4.06. The number of anilines is 1. The molecule has 0 aliphatic heterocycles. The molecule has 3 nitrogen and oxygen atoms in total. The molecule has 0 aliphatic carbocycles. The highest BCUT2D eigenvalue weighted by atomic mass is 32.1. The number of aromatic nitrogens is 1. The Morgan fingerprint density at radius 1 is 1.14 bits per heavy atom. The van der Waals surface area contributed by atoms with Gasteiger partial charge in [-0.25, -0.2) is 4.39 Å². The van der Waals surface area contributed by atoms with Gasteiger partial charge >= 0.3 is 0 Å². The van der Waals surface area contributed by atoms with Crippen LogP contribution in [0.5, 0.6) is 0 Å². The van der Waals surface area contributed by atoms with Crippen LogP contribution in [-0.2, 0) is 6.54 Å². The molecule has 0 saturated carbocycles. The van der Waals surface area contributed by atoms with Crippen LogP contribution in [0, 0.1) is 12.7 Å². The molecule has 0 radical (unpaired) electrons. The number of benzene rings is 1. The van der Waals surface area contributed by atoms with E-state index in [-0.39, 0.29) is 11.4 Å². The predicted octanol–water partition coefficient (Wildman–Crippen LogP) is 3.96. The van der Waals surface area contributed by atoms with Gasteiger partial charge in [-0.1, -0.05) is 24.3 Å². The first-order valence-corrected chi connectivity index (χ1v) is 7.72. The molecule has 0 amide bonds. The van der Waals surface area contributed by atoms with E-state index in [9.17, 15) is 9.18 Å². The Bertz CT molecular complexity index is 854. The molecule has 2 heterocycles. The van der Waals surface area contributed by atoms with Crippen molar-refractivity contribution in [1.82, 2.24) is 4.57 Å². The summed E-state index contributed by atoms with van der Waals surface area (Å²) in [6.45, 7) is 2.36. The molecule has 112 valence electrons. The van der Waals surface area contributed by atoms with Gasteiger partial charge < -0.3 is 5.32 Å². The standard InChI is InChI=1S/C17H15FN2OS/c1-12-6-8-16(21)20(11-12)17-9-7-15(22-17)19-10-13-4-2-3-5-14(13)18/h2-9,11,19H,10H2,1H3. The molecule has 0 unspecified atom stereocenters. The third kappa shape index (κ3) is 3.09. The first kappa shape index (κ1) is 14.5. The first-order valence-electron chi connectivity index (χ1n) is 6.90. The lowest BCUT2D eigenvalue weighted by molar-refractivity contribution is 0.613. The summed E-state index contributed by atoms with van der Waals surface area (Å²) in [5.74, 6) is -0.221. The number of nitrogens with one attached hydrogen (secondary N) is 1. The van der Waals surface area contributed by atoms with Gasteiger partial charge in [0, 0.05) is 24.4 Å². The van der Waals surface area contributed by atoms with E-state index in [1.165, 1.54) is 17.4 Å². The molecule has 0 atom stereocenters. The molecule has 0 saturated heterocycles. The summed E-state index contributed by atoms with van der Waals surface area (Å²) in [4.78, 5) is 11.9. The normalized spacial score (nSPS) is 10.6. The molecular weight excluding hydrogens is 299 g/mol. The quantitative estimate of drug-likeness (QED) is 0.791. The van der Waals surface area contributed by atoms with Gasteiger partial charge in [0.15, 0.2) is 0 Å². The maximum Gasteiger partial charge on any atom is 0.255 e. The van der Waals surface area contributed by atoms with E-state index in [1.54, 1.807) is 28.8 Å². The van der Waals surface area contributed by atoms with Crippen molar-refractivity contribution in [3.8, 4) is 5.00 Å². The minimum Gasteiger partial charge on any atom is -0.373 e. The summed E-state index contributed by atoms with van der Waals surface area (Å²) in [5, 5.41) is 4.92. The molecule has 3 aromatic rings. The smallest absolute Gasteiger partial charge is 0.255 e. The van der Waals surface area contributed by atoms with Gasteiger partial charge in [0.2, 0.25) is 0 Å². The molecule has 22 heavy (non-hydrogen) atoms. The third-order valence-corrected chi connectivity index (χ3v) is 4.34. The second-order valence-electron chi connectivity index (χ2n) is 5.00. The Labute approximate surface area is 131 Å². The van der Waals surface area contributed by atoms with E-state index in [0.717, 1.165) is 15.6 Å². The third-order valence-electron chi connectivity index (χ3n) is 3.30. The Morgan fingerprint density at radius 3 is 2.77 bits per heavy atom. The number of thiophene rings is 1. The molecule has 0 aliphatic rings. The van der Waals surface area contributed by atoms with E-state index in [4.69, 9.17) is 0 Å². The van der Waals surface area contributed by atoms with Crippen LogP contribution in [0.1, 0.15) is 11.1 Å². The van der Waals surface area contributed by atoms with Crippen LogP contribution in [0.2, 0.25) is 0 Å². The summed E-state index contributed by atoms with van der Waals surface area (Å²) in [7, 11) is 0. The van der Waals surface area contributed by atoms with Crippen LogP contribution in [0.4, 0.5) is 9.39 Å². The fourth-order valence-electron chi connectivity index (χ4n) is 2.14. The summed E-state index contributed by atoms with van der Waals surface area (Å²) in [5.41, 5.74) is 1.58. The maximum atomic E-state index is 13.6.